The molecule has 0 aliphatic carbocycles. The van der Waals surface area contributed by atoms with Gasteiger partial charge in [0.15, 0.2) is 15.0 Å². The topological polar surface area (TPSA) is 93.2 Å². The fourth-order valence-corrected chi connectivity index (χ4v) is 5.32. The molecule has 0 fully saturated rings. The van der Waals surface area contributed by atoms with Crippen LogP contribution in [-0.2, 0) is 21.1 Å². The zero-order valence-electron chi connectivity index (χ0n) is 18.9. The van der Waals surface area contributed by atoms with Gasteiger partial charge in [0.25, 0.3) is 0 Å². The van der Waals surface area contributed by atoms with E-state index < -0.39 is 9.84 Å². The number of nitrogens with one attached hydrogen (secondary N) is 1. The highest BCUT2D eigenvalue weighted by atomic mass is 32.2. The molecule has 4 rings (SSSR count). The van der Waals surface area contributed by atoms with Gasteiger partial charge in [-0.15, -0.1) is 0 Å². The van der Waals surface area contributed by atoms with Gasteiger partial charge in [-0.3, -0.25) is 9.59 Å². The summed E-state index contributed by atoms with van der Waals surface area (Å²) in [6.45, 7) is 1.58. The Bertz CT molecular complexity index is 1480. The molecular formula is C26H21BN2O4S2. The van der Waals surface area contributed by atoms with Crippen LogP contribution in [0.1, 0.15) is 27.7 Å². The molecule has 0 bridgehead atoms. The van der Waals surface area contributed by atoms with Crippen LogP contribution in [0.25, 0.3) is 11.3 Å². The molecular weight excluding hydrogens is 479 g/mol. The van der Waals surface area contributed by atoms with E-state index in [4.69, 9.17) is 7.85 Å². The summed E-state index contributed by atoms with van der Waals surface area (Å²) in [4.78, 5) is 31.2. The summed E-state index contributed by atoms with van der Waals surface area (Å²) < 4.78 is 24.0. The van der Waals surface area contributed by atoms with Crippen LogP contribution in [0.3, 0.4) is 0 Å². The van der Waals surface area contributed by atoms with Crippen molar-refractivity contribution in [1.82, 2.24) is 4.98 Å². The average molecular weight is 500 g/mol. The van der Waals surface area contributed by atoms with E-state index in [1.54, 1.807) is 43.3 Å². The zero-order chi connectivity index (χ0) is 25.0. The molecule has 0 unspecified atom stereocenters. The van der Waals surface area contributed by atoms with Gasteiger partial charge in [-0.05, 0) is 17.7 Å². The Morgan fingerprint density at radius 1 is 0.943 bits per heavy atom. The third-order valence-corrected chi connectivity index (χ3v) is 8.08. The zero-order valence-corrected chi connectivity index (χ0v) is 20.5. The number of nitrogens with zero attached hydrogens (tertiary/aromatic N) is 1. The lowest BCUT2D eigenvalue weighted by atomic mass is 9.88. The molecule has 1 heterocycles. The third kappa shape index (κ3) is 5.58. The van der Waals surface area contributed by atoms with Crippen molar-refractivity contribution >= 4 is 51.3 Å². The monoisotopic (exact) mass is 500 g/mol. The van der Waals surface area contributed by atoms with Crippen LogP contribution in [0.4, 0.5) is 5.13 Å². The Labute approximate surface area is 209 Å². The number of rotatable bonds is 8. The minimum Gasteiger partial charge on any atom is -0.302 e. The van der Waals surface area contributed by atoms with Gasteiger partial charge in [-0.1, -0.05) is 90.5 Å². The second kappa shape index (κ2) is 10.4. The van der Waals surface area contributed by atoms with Crippen molar-refractivity contribution in [2.75, 3.05) is 11.1 Å². The predicted molar refractivity (Wildman–Crippen MR) is 139 cm³/mol. The largest absolute Gasteiger partial charge is 0.302 e. The predicted octanol–water partition coefficient (Wildman–Crippen LogP) is 3.81. The molecule has 0 aliphatic heterocycles. The average Bonchev–Trinajstić information content (AvgIpc) is 3.28. The van der Waals surface area contributed by atoms with Gasteiger partial charge < -0.3 is 5.32 Å². The van der Waals surface area contributed by atoms with E-state index >= 15 is 0 Å². The Morgan fingerprint density at radius 2 is 1.60 bits per heavy atom. The normalized spacial score (nSPS) is 11.2. The molecule has 174 valence electrons. The summed E-state index contributed by atoms with van der Waals surface area (Å²) in [6.07, 6.45) is 0.0294. The number of carbonyl (C=O) groups is 2. The standard InChI is InChI=1S/C26H21BN2O4S2/c1-2-35(32,33)19-14-12-17(13-15-19)16-22(30)28-26-29-23(18-8-4-3-5-9-18)25(34-26)24(31)20-10-6-7-11-21(20)27/h3-15H,2,16H2,1H3,(H,28,29,30). The van der Waals surface area contributed by atoms with E-state index in [2.05, 4.69) is 10.3 Å². The van der Waals surface area contributed by atoms with Gasteiger partial charge >= 0.3 is 0 Å². The lowest BCUT2D eigenvalue weighted by molar-refractivity contribution is -0.115. The summed E-state index contributed by atoms with van der Waals surface area (Å²) >= 11 is 1.09. The second-order valence-corrected chi connectivity index (χ2v) is 11.0. The minimum atomic E-state index is -3.30. The number of sulfone groups is 1. The molecule has 9 heteroatoms. The molecule has 0 saturated carbocycles. The quantitative estimate of drug-likeness (QED) is 0.294. The highest BCUT2D eigenvalue weighted by molar-refractivity contribution is 7.91. The number of hydrogen-bond acceptors (Lipinski definition) is 6. The van der Waals surface area contributed by atoms with Gasteiger partial charge in [0, 0.05) is 11.1 Å². The van der Waals surface area contributed by atoms with Gasteiger partial charge in [0.2, 0.25) is 11.7 Å². The van der Waals surface area contributed by atoms with Crippen molar-refractivity contribution in [3.63, 3.8) is 0 Å². The molecule has 0 atom stereocenters. The Hall–Kier alpha value is -3.56. The minimum absolute atomic E-state index is 0.0102. The third-order valence-electron chi connectivity index (χ3n) is 5.36. The van der Waals surface area contributed by atoms with Crippen molar-refractivity contribution in [1.29, 1.82) is 0 Å². The summed E-state index contributed by atoms with van der Waals surface area (Å²) in [6, 6.07) is 22.3. The molecule has 0 aliphatic rings. The van der Waals surface area contributed by atoms with Crippen molar-refractivity contribution in [3.05, 3.63) is 94.9 Å². The maximum atomic E-state index is 13.3. The molecule has 35 heavy (non-hydrogen) atoms. The fourth-order valence-electron chi connectivity index (χ4n) is 3.48. The smallest absolute Gasteiger partial charge is 0.230 e. The number of thiazole rings is 1. The molecule has 0 spiro atoms. The van der Waals surface area contributed by atoms with E-state index in [0.29, 0.717) is 27.2 Å². The number of hydrogen-bond donors (Lipinski definition) is 1. The highest BCUT2D eigenvalue weighted by Crippen LogP contribution is 2.33. The maximum Gasteiger partial charge on any atom is 0.230 e. The number of benzene rings is 3. The number of ketones is 1. The number of carbonyl (C=O) groups excluding carboxylic acids is 2. The van der Waals surface area contributed by atoms with Crippen LogP contribution in [0.15, 0.2) is 83.8 Å². The molecule has 4 aromatic rings. The summed E-state index contributed by atoms with van der Waals surface area (Å²) in [5, 5.41) is 3.05. The summed E-state index contributed by atoms with van der Waals surface area (Å²) in [5.74, 6) is -0.591. The van der Waals surface area contributed by atoms with E-state index in [9.17, 15) is 18.0 Å². The Kier molecular flexibility index (Phi) is 7.28. The van der Waals surface area contributed by atoms with Crippen LogP contribution >= 0.6 is 11.3 Å². The van der Waals surface area contributed by atoms with E-state index in [-0.39, 0.29) is 33.9 Å². The lowest BCUT2D eigenvalue weighted by Gasteiger charge is -2.05. The van der Waals surface area contributed by atoms with Gasteiger partial charge in [-0.2, -0.15) is 0 Å². The molecule has 2 radical (unpaired) electrons. The molecule has 3 aromatic carbocycles. The lowest BCUT2D eigenvalue weighted by Crippen LogP contribution is -2.15. The number of aromatic nitrogens is 1. The van der Waals surface area contributed by atoms with Crippen LogP contribution < -0.4 is 10.8 Å². The highest BCUT2D eigenvalue weighted by Gasteiger charge is 2.22. The SMILES string of the molecule is [B]c1ccccc1C(=O)c1sc(NC(=O)Cc2ccc(S(=O)(=O)CC)cc2)nc1-c1ccccc1. The number of anilines is 1. The van der Waals surface area contributed by atoms with Crippen LogP contribution in [0.2, 0.25) is 0 Å². The molecule has 0 saturated heterocycles. The summed E-state index contributed by atoms with van der Waals surface area (Å²) in [5.41, 5.74) is 2.60. The Balaban J connectivity index is 1.59. The molecule has 6 nitrogen and oxygen atoms in total. The first kappa shape index (κ1) is 24.6. The van der Waals surface area contributed by atoms with E-state index in [1.807, 2.05) is 30.3 Å². The first-order chi connectivity index (χ1) is 16.8. The van der Waals surface area contributed by atoms with Crippen LogP contribution in [0, 0.1) is 0 Å². The first-order valence-corrected chi connectivity index (χ1v) is 13.3. The first-order valence-electron chi connectivity index (χ1n) is 10.9. The van der Waals surface area contributed by atoms with E-state index in [0.717, 1.165) is 16.9 Å². The summed E-state index contributed by atoms with van der Waals surface area (Å²) in [7, 11) is 2.72. The number of amides is 1. The van der Waals surface area contributed by atoms with Gasteiger partial charge in [-0.25, -0.2) is 13.4 Å². The van der Waals surface area contributed by atoms with Crippen molar-refractivity contribution < 1.29 is 18.0 Å². The van der Waals surface area contributed by atoms with Gasteiger partial charge in [0.05, 0.1) is 22.8 Å². The molecule has 1 aromatic heterocycles. The van der Waals surface area contributed by atoms with Crippen molar-refractivity contribution in [2.45, 2.75) is 18.2 Å². The van der Waals surface area contributed by atoms with Crippen LogP contribution in [0.5, 0.6) is 0 Å². The second-order valence-electron chi connectivity index (χ2n) is 7.75. The molecule has 1 amide bonds. The van der Waals surface area contributed by atoms with E-state index in [1.165, 1.54) is 12.1 Å². The fraction of sp³-hybridized carbons (Fsp3) is 0.115. The van der Waals surface area contributed by atoms with Crippen molar-refractivity contribution in [3.8, 4) is 11.3 Å². The van der Waals surface area contributed by atoms with Gasteiger partial charge in [0.1, 0.15) is 12.7 Å². The Morgan fingerprint density at radius 3 is 2.26 bits per heavy atom. The van der Waals surface area contributed by atoms with Crippen LogP contribution in [-0.4, -0.2) is 38.7 Å². The van der Waals surface area contributed by atoms with Crippen molar-refractivity contribution in [2.24, 2.45) is 0 Å². The molecule has 1 N–H and O–H groups in total. The maximum absolute atomic E-state index is 13.3.